The van der Waals surface area contributed by atoms with E-state index in [-0.39, 0.29) is 5.91 Å². The molecule has 35 heavy (non-hydrogen) atoms. The van der Waals surface area contributed by atoms with Crippen molar-refractivity contribution in [3.05, 3.63) is 48.2 Å². The fourth-order valence-corrected chi connectivity index (χ4v) is 4.95. The van der Waals surface area contributed by atoms with Crippen molar-refractivity contribution in [2.75, 3.05) is 32.8 Å². The summed E-state index contributed by atoms with van der Waals surface area (Å²) in [6, 6.07) is 10.5. The largest absolute Gasteiger partial charge is 0.492 e. The minimum Gasteiger partial charge on any atom is -0.492 e. The van der Waals surface area contributed by atoms with Crippen LogP contribution >= 0.6 is 0 Å². The fraction of sp³-hybridized carbons (Fsp3) is 0.519. The minimum absolute atomic E-state index is 0.172. The zero-order valence-electron chi connectivity index (χ0n) is 20.6. The molecule has 1 atom stereocenters. The molecule has 2 amide bonds. The summed E-state index contributed by atoms with van der Waals surface area (Å²) in [6.45, 7) is 6.72. The van der Waals surface area contributed by atoms with Crippen molar-refractivity contribution in [2.24, 2.45) is 11.7 Å². The van der Waals surface area contributed by atoms with Crippen LogP contribution < -0.4 is 10.5 Å². The molecular weight excluding hydrogens is 447 g/mol. The van der Waals surface area contributed by atoms with Crippen molar-refractivity contribution in [3.8, 4) is 17.0 Å². The van der Waals surface area contributed by atoms with Crippen molar-refractivity contribution in [2.45, 2.75) is 51.2 Å². The first-order valence-corrected chi connectivity index (χ1v) is 12.4. The number of rotatable bonds is 8. The molecule has 2 saturated heterocycles. The Morgan fingerprint density at radius 3 is 2.40 bits per heavy atom. The topological polar surface area (TPSA) is 88.8 Å². The van der Waals surface area contributed by atoms with Gasteiger partial charge in [0.1, 0.15) is 17.5 Å². The van der Waals surface area contributed by atoms with E-state index in [9.17, 15) is 14.0 Å². The highest BCUT2D eigenvalue weighted by Crippen LogP contribution is 2.25. The molecule has 0 aliphatic carbocycles. The fourth-order valence-electron chi connectivity index (χ4n) is 4.95. The molecule has 188 valence electrons. The number of hydrogen-bond acceptors (Lipinski definition) is 5. The summed E-state index contributed by atoms with van der Waals surface area (Å²) in [7, 11) is 0. The Balaban J connectivity index is 1.28. The Morgan fingerprint density at radius 1 is 1.09 bits per heavy atom. The highest BCUT2D eigenvalue weighted by atomic mass is 19.1. The highest BCUT2D eigenvalue weighted by molar-refractivity contribution is 5.98. The van der Waals surface area contributed by atoms with Crippen LogP contribution in [0.25, 0.3) is 11.3 Å². The molecular formula is C27H35FN4O3. The molecule has 2 fully saturated rings. The number of hydrogen-bond donors (Lipinski definition) is 1. The van der Waals surface area contributed by atoms with E-state index in [0.29, 0.717) is 37.6 Å². The standard InChI is InChI=1S/C27H35FN4O3/c1-27(2,28)18-31-14-11-19(12-15-31)17-35-22-9-10-23(30-16-22)20-5-7-21(8-6-20)26(34)32-13-3-4-24(32)25(29)33/h5-10,16,19,24H,3-4,11-15,17-18H2,1-2H3,(H2,29,33). The molecule has 4 rings (SSSR count). The SMILES string of the molecule is CC(C)(F)CN1CCC(COc2ccc(-c3ccc(C(=O)N4CCCC4C(N)=O)cc3)nc2)CC1. The number of aromatic nitrogens is 1. The van der Waals surface area contributed by atoms with E-state index in [2.05, 4.69) is 9.88 Å². The zero-order valence-corrected chi connectivity index (χ0v) is 20.6. The van der Waals surface area contributed by atoms with Gasteiger partial charge < -0.3 is 20.3 Å². The van der Waals surface area contributed by atoms with E-state index >= 15 is 0 Å². The maximum absolute atomic E-state index is 13.8. The number of piperidine rings is 1. The highest BCUT2D eigenvalue weighted by Gasteiger charge is 2.33. The Kier molecular flexibility index (Phi) is 7.69. The summed E-state index contributed by atoms with van der Waals surface area (Å²) in [5.74, 6) is 0.557. The smallest absolute Gasteiger partial charge is 0.254 e. The monoisotopic (exact) mass is 482 g/mol. The van der Waals surface area contributed by atoms with Crippen LogP contribution in [-0.2, 0) is 4.79 Å². The van der Waals surface area contributed by atoms with Gasteiger partial charge in [-0.1, -0.05) is 12.1 Å². The van der Waals surface area contributed by atoms with Crippen molar-refractivity contribution in [1.82, 2.24) is 14.8 Å². The van der Waals surface area contributed by atoms with Crippen LogP contribution in [0.15, 0.2) is 42.6 Å². The molecule has 2 aromatic rings. The number of halogens is 1. The number of carbonyl (C=O) groups excluding carboxylic acids is 2. The minimum atomic E-state index is -1.16. The number of nitrogens with two attached hydrogens (primary N) is 1. The molecule has 0 saturated carbocycles. The van der Waals surface area contributed by atoms with Crippen LogP contribution in [0.5, 0.6) is 5.75 Å². The number of primary amides is 1. The van der Waals surface area contributed by atoms with Gasteiger partial charge in [-0.2, -0.15) is 0 Å². The van der Waals surface area contributed by atoms with Gasteiger partial charge in [-0.25, -0.2) is 4.39 Å². The summed E-state index contributed by atoms with van der Waals surface area (Å²) >= 11 is 0. The van der Waals surface area contributed by atoms with Gasteiger partial charge in [-0.3, -0.25) is 14.6 Å². The van der Waals surface area contributed by atoms with Gasteiger partial charge >= 0.3 is 0 Å². The van der Waals surface area contributed by atoms with Gasteiger partial charge in [0.2, 0.25) is 5.91 Å². The molecule has 0 bridgehead atoms. The normalized spacial score (nSPS) is 19.6. The number of benzene rings is 1. The summed E-state index contributed by atoms with van der Waals surface area (Å²) in [6.07, 6.45) is 5.13. The molecule has 0 spiro atoms. The van der Waals surface area contributed by atoms with Gasteiger partial charge in [0.05, 0.1) is 18.5 Å². The Bertz CT molecular complexity index is 1010. The lowest BCUT2D eigenvalue weighted by atomic mass is 9.97. The van der Waals surface area contributed by atoms with E-state index in [1.165, 1.54) is 0 Å². The maximum atomic E-state index is 13.8. The molecule has 2 aliphatic heterocycles. The number of alkyl halides is 1. The first-order valence-electron chi connectivity index (χ1n) is 12.4. The second-order valence-corrected chi connectivity index (χ2v) is 10.3. The number of nitrogens with zero attached hydrogens (tertiary/aromatic N) is 3. The van der Waals surface area contributed by atoms with E-state index in [0.717, 1.165) is 49.4 Å². The van der Waals surface area contributed by atoms with Crippen LogP contribution in [0.3, 0.4) is 0 Å². The number of amides is 2. The number of carbonyl (C=O) groups is 2. The lowest BCUT2D eigenvalue weighted by Crippen LogP contribution is -2.43. The summed E-state index contributed by atoms with van der Waals surface area (Å²) in [5.41, 5.74) is 6.49. The van der Waals surface area contributed by atoms with Crippen molar-refractivity contribution in [3.63, 3.8) is 0 Å². The summed E-state index contributed by atoms with van der Waals surface area (Å²) in [5, 5.41) is 0. The van der Waals surface area contributed by atoms with Crippen LogP contribution in [0, 0.1) is 5.92 Å². The molecule has 0 radical (unpaired) electrons. The molecule has 2 N–H and O–H groups in total. The average Bonchev–Trinajstić information content (AvgIpc) is 3.33. The van der Waals surface area contributed by atoms with Crippen molar-refractivity contribution < 1.29 is 18.7 Å². The Labute approximate surface area is 206 Å². The first-order chi connectivity index (χ1) is 16.7. The second kappa shape index (κ2) is 10.7. The van der Waals surface area contributed by atoms with E-state index in [1.807, 2.05) is 24.3 Å². The predicted octanol–water partition coefficient (Wildman–Crippen LogP) is 3.68. The van der Waals surface area contributed by atoms with Gasteiger partial charge in [-0.15, -0.1) is 0 Å². The third-order valence-electron chi connectivity index (χ3n) is 6.80. The van der Waals surface area contributed by atoms with Crippen LogP contribution in [0.2, 0.25) is 0 Å². The Morgan fingerprint density at radius 2 is 1.80 bits per heavy atom. The quantitative estimate of drug-likeness (QED) is 0.620. The van der Waals surface area contributed by atoms with E-state index < -0.39 is 17.6 Å². The molecule has 1 aromatic heterocycles. The van der Waals surface area contributed by atoms with Crippen LogP contribution in [-0.4, -0.2) is 71.1 Å². The third-order valence-corrected chi connectivity index (χ3v) is 6.80. The maximum Gasteiger partial charge on any atom is 0.254 e. The van der Waals surface area contributed by atoms with Crippen LogP contribution in [0.4, 0.5) is 4.39 Å². The van der Waals surface area contributed by atoms with Gasteiger partial charge in [0.25, 0.3) is 5.91 Å². The van der Waals surface area contributed by atoms with Crippen LogP contribution in [0.1, 0.15) is 49.9 Å². The Hall–Kier alpha value is -3.00. The average molecular weight is 483 g/mol. The predicted molar refractivity (Wildman–Crippen MR) is 133 cm³/mol. The lowest BCUT2D eigenvalue weighted by Gasteiger charge is -2.34. The van der Waals surface area contributed by atoms with E-state index in [4.69, 9.17) is 10.5 Å². The van der Waals surface area contributed by atoms with Gasteiger partial charge in [0, 0.05) is 24.2 Å². The molecule has 7 nitrogen and oxygen atoms in total. The lowest BCUT2D eigenvalue weighted by molar-refractivity contribution is -0.121. The van der Waals surface area contributed by atoms with E-state index in [1.54, 1.807) is 37.1 Å². The molecule has 2 aliphatic rings. The van der Waals surface area contributed by atoms with Crippen molar-refractivity contribution in [1.29, 1.82) is 0 Å². The number of pyridine rings is 1. The number of ether oxygens (including phenoxy) is 1. The molecule has 1 aromatic carbocycles. The zero-order chi connectivity index (χ0) is 25.0. The third kappa shape index (κ3) is 6.57. The first kappa shape index (κ1) is 25.1. The van der Waals surface area contributed by atoms with Gasteiger partial charge in [-0.05, 0) is 82.8 Å². The molecule has 8 heteroatoms. The summed E-state index contributed by atoms with van der Waals surface area (Å²) < 4.78 is 19.8. The summed E-state index contributed by atoms with van der Waals surface area (Å²) in [4.78, 5) is 32.7. The number of likely N-dealkylation sites (tertiary alicyclic amines) is 2. The molecule has 1 unspecified atom stereocenters. The van der Waals surface area contributed by atoms with Crippen molar-refractivity contribution >= 4 is 11.8 Å². The van der Waals surface area contributed by atoms with Gasteiger partial charge in [0.15, 0.2) is 0 Å². The molecule has 3 heterocycles. The second-order valence-electron chi connectivity index (χ2n) is 10.3.